The molecule has 1 aliphatic heterocycles. The second-order valence-electron chi connectivity index (χ2n) is 6.62. The van der Waals surface area contributed by atoms with Crippen LogP contribution >= 0.6 is 0 Å². The van der Waals surface area contributed by atoms with Crippen LogP contribution in [0, 0.1) is 0 Å². The summed E-state index contributed by atoms with van der Waals surface area (Å²) in [4.78, 5) is 26.6. The Labute approximate surface area is 136 Å². The normalized spacial score (nSPS) is 25.6. The molecule has 4 N–H and O–H groups in total. The average molecular weight is 319 g/mol. The molecule has 2 heterocycles. The third kappa shape index (κ3) is 3.10. The topological polar surface area (TPSA) is 104 Å². The van der Waals surface area contributed by atoms with E-state index in [1.165, 1.54) is 19.3 Å². The summed E-state index contributed by atoms with van der Waals surface area (Å²) in [5, 5.41) is 9.74. The van der Waals surface area contributed by atoms with Crippen LogP contribution < -0.4 is 11.1 Å². The van der Waals surface area contributed by atoms with Gasteiger partial charge in [0.25, 0.3) is 5.91 Å². The number of hydrogen-bond donors (Lipinski definition) is 3. The van der Waals surface area contributed by atoms with Crippen LogP contribution in [-0.4, -0.2) is 52.6 Å². The van der Waals surface area contributed by atoms with Gasteiger partial charge in [0, 0.05) is 25.6 Å². The summed E-state index contributed by atoms with van der Waals surface area (Å²) >= 11 is 0. The Hall–Kier alpha value is -1.89. The van der Waals surface area contributed by atoms with Crippen LogP contribution in [0.3, 0.4) is 0 Å². The summed E-state index contributed by atoms with van der Waals surface area (Å²) in [7, 11) is 1.58. The maximum absolute atomic E-state index is 13.0. The number of nitrogens with one attached hydrogen (secondary N) is 2. The second-order valence-corrected chi connectivity index (χ2v) is 6.62. The first-order valence-electron chi connectivity index (χ1n) is 8.43. The number of aromatic amines is 1. The number of amides is 2. The van der Waals surface area contributed by atoms with Crippen molar-refractivity contribution in [3.8, 4) is 0 Å². The maximum Gasteiger partial charge on any atom is 0.258 e. The monoisotopic (exact) mass is 319 g/mol. The van der Waals surface area contributed by atoms with E-state index in [-0.39, 0.29) is 17.9 Å². The van der Waals surface area contributed by atoms with Gasteiger partial charge in [-0.1, -0.05) is 19.3 Å². The number of carbonyl (C=O) groups is 2. The third-order valence-corrected chi connectivity index (χ3v) is 5.06. The minimum Gasteiger partial charge on any atom is -0.357 e. The maximum atomic E-state index is 13.0. The van der Waals surface area contributed by atoms with E-state index in [1.54, 1.807) is 18.1 Å². The Morgan fingerprint density at radius 2 is 2.09 bits per heavy atom. The molecule has 0 spiro atoms. The summed E-state index contributed by atoms with van der Waals surface area (Å²) < 4.78 is 0. The minimum atomic E-state index is -0.489. The van der Waals surface area contributed by atoms with Gasteiger partial charge in [-0.2, -0.15) is 5.10 Å². The summed E-state index contributed by atoms with van der Waals surface area (Å²) in [6, 6.07) is -0.650. The van der Waals surface area contributed by atoms with Crippen molar-refractivity contribution in [1.29, 1.82) is 0 Å². The zero-order valence-electron chi connectivity index (χ0n) is 13.5. The van der Waals surface area contributed by atoms with Crippen LogP contribution in [0.5, 0.6) is 0 Å². The minimum absolute atomic E-state index is 0.138. The lowest BCUT2D eigenvalue weighted by Gasteiger charge is -2.25. The molecule has 2 aliphatic rings. The van der Waals surface area contributed by atoms with Crippen molar-refractivity contribution in [2.45, 2.75) is 56.5 Å². The molecule has 0 unspecified atom stereocenters. The highest BCUT2D eigenvalue weighted by atomic mass is 16.2. The molecule has 7 nitrogen and oxygen atoms in total. The van der Waals surface area contributed by atoms with E-state index in [1.807, 2.05) is 0 Å². The van der Waals surface area contributed by atoms with Gasteiger partial charge in [-0.25, -0.2) is 0 Å². The van der Waals surface area contributed by atoms with Crippen LogP contribution in [0.15, 0.2) is 6.20 Å². The van der Waals surface area contributed by atoms with Crippen molar-refractivity contribution >= 4 is 11.8 Å². The van der Waals surface area contributed by atoms with Crippen LogP contribution in [-0.2, 0) is 4.79 Å². The zero-order valence-corrected chi connectivity index (χ0v) is 13.5. The molecule has 3 rings (SSSR count). The number of H-pyrrole nitrogens is 1. The SMILES string of the molecule is CNC(=O)[C@@H]1C[C@@H](N)CN1C(=O)c1cn[nH]c1C1CCCCC1. The highest BCUT2D eigenvalue weighted by Gasteiger charge is 2.39. The van der Waals surface area contributed by atoms with Gasteiger partial charge < -0.3 is 16.0 Å². The number of aromatic nitrogens is 2. The summed E-state index contributed by atoms with van der Waals surface area (Å²) in [5.41, 5.74) is 7.50. The highest BCUT2D eigenvalue weighted by Crippen LogP contribution is 2.34. The van der Waals surface area contributed by atoms with Gasteiger partial charge in [0.05, 0.1) is 17.5 Å². The quantitative estimate of drug-likeness (QED) is 0.764. The summed E-state index contributed by atoms with van der Waals surface area (Å²) in [5.74, 6) is 0.0646. The number of likely N-dealkylation sites (tertiary alicyclic amines) is 1. The number of nitrogens with zero attached hydrogens (tertiary/aromatic N) is 2. The van der Waals surface area contributed by atoms with Gasteiger partial charge >= 0.3 is 0 Å². The van der Waals surface area contributed by atoms with E-state index in [0.717, 1.165) is 18.5 Å². The Morgan fingerprint density at radius 3 is 2.78 bits per heavy atom. The van der Waals surface area contributed by atoms with Gasteiger partial charge in [0.15, 0.2) is 0 Å². The molecule has 0 bridgehead atoms. The molecule has 1 aliphatic carbocycles. The second kappa shape index (κ2) is 6.70. The molecule has 1 aromatic rings. The van der Waals surface area contributed by atoms with Gasteiger partial charge in [-0.05, 0) is 19.3 Å². The first-order chi connectivity index (χ1) is 11.1. The smallest absolute Gasteiger partial charge is 0.258 e. The van der Waals surface area contributed by atoms with Crippen molar-refractivity contribution in [2.75, 3.05) is 13.6 Å². The Bertz CT molecular complexity index is 579. The number of carbonyl (C=O) groups excluding carboxylic acids is 2. The van der Waals surface area contributed by atoms with E-state index in [9.17, 15) is 9.59 Å². The van der Waals surface area contributed by atoms with Crippen molar-refractivity contribution in [3.05, 3.63) is 17.5 Å². The molecule has 7 heteroatoms. The number of likely N-dealkylation sites (N-methyl/N-ethyl adjacent to an activating group) is 1. The lowest BCUT2D eigenvalue weighted by atomic mass is 9.85. The largest absolute Gasteiger partial charge is 0.357 e. The molecule has 2 atom stereocenters. The van der Waals surface area contributed by atoms with Gasteiger partial charge in [-0.15, -0.1) is 0 Å². The molecular formula is C16H25N5O2. The van der Waals surface area contributed by atoms with Crippen molar-refractivity contribution < 1.29 is 9.59 Å². The fourth-order valence-corrected chi connectivity index (χ4v) is 3.83. The molecule has 0 aromatic carbocycles. The first-order valence-corrected chi connectivity index (χ1v) is 8.43. The first kappa shape index (κ1) is 16.0. The fraction of sp³-hybridized carbons (Fsp3) is 0.688. The Morgan fingerprint density at radius 1 is 1.35 bits per heavy atom. The predicted octanol–water partition coefficient (Wildman–Crippen LogP) is 0.745. The van der Waals surface area contributed by atoms with Crippen molar-refractivity contribution in [2.24, 2.45) is 5.73 Å². The highest BCUT2D eigenvalue weighted by molar-refractivity contribution is 5.98. The van der Waals surface area contributed by atoms with E-state index in [0.29, 0.717) is 24.4 Å². The number of hydrogen-bond acceptors (Lipinski definition) is 4. The van der Waals surface area contributed by atoms with Crippen molar-refractivity contribution in [3.63, 3.8) is 0 Å². The standard InChI is InChI=1S/C16H25N5O2/c1-18-15(22)13-7-11(17)9-21(13)16(23)12-8-19-20-14(12)10-5-3-2-4-6-10/h8,10-11,13H,2-7,9,17H2,1H3,(H,18,22)(H,19,20)/t11-,13+/m1/s1. The van der Waals surface area contributed by atoms with Crippen LogP contribution in [0.25, 0.3) is 0 Å². The van der Waals surface area contributed by atoms with Crippen LogP contribution in [0.1, 0.15) is 60.5 Å². The van der Waals surface area contributed by atoms with E-state index in [2.05, 4.69) is 15.5 Å². The Kier molecular flexibility index (Phi) is 4.66. The average Bonchev–Trinajstić information content (AvgIpc) is 3.21. The van der Waals surface area contributed by atoms with Crippen LogP contribution in [0.4, 0.5) is 0 Å². The van der Waals surface area contributed by atoms with Crippen LogP contribution in [0.2, 0.25) is 0 Å². The molecule has 23 heavy (non-hydrogen) atoms. The Balaban J connectivity index is 1.82. The van der Waals surface area contributed by atoms with Crippen molar-refractivity contribution in [1.82, 2.24) is 20.4 Å². The predicted molar refractivity (Wildman–Crippen MR) is 85.9 cm³/mol. The van der Waals surface area contributed by atoms with E-state index >= 15 is 0 Å². The third-order valence-electron chi connectivity index (χ3n) is 5.06. The molecule has 1 saturated carbocycles. The summed E-state index contributed by atoms with van der Waals surface area (Å²) in [6.45, 7) is 0.409. The van der Waals surface area contributed by atoms with Gasteiger partial charge in [0.1, 0.15) is 6.04 Å². The lowest BCUT2D eigenvalue weighted by Crippen LogP contribution is -2.45. The number of nitrogens with two attached hydrogens (primary N) is 1. The zero-order chi connectivity index (χ0) is 16.4. The number of rotatable bonds is 3. The van der Waals surface area contributed by atoms with E-state index < -0.39 is 6.04 Å². The van der Waals surface area contributed by atoms with Gasteiger partial charge in [0.2, 0.25) is 5.91 Å². The summed E-state index contributed by atoms with van der Waals surface area (Å²) in [6.07, 6.45) is 7.90. The molecular weight excluding hydrogens is 294 g/mol. The van der Waals surface area contributed by atoms with E-state index in [4.69, 9.17) is 5.73 Å². The lowest BCUT2D eigenvalue weighted by molar-refractivity contribution is -0.124. The molecule has 2 amide bonds. The molecule has 126 valence electrons. The molecule has 0 radical (unpaired) electrons. The van der Waals surface area contributed by atoms with Gasteiger partial charge in [-0.3, -0.25) is 14.7 Å². The molecule has 1 aromatic heterocycles. The molecule has 1 saturated heterocycles. The molecule has 2 fully saturated rings. The fourth-order valence-electron chi connectivity index (χ4n) is 3.83.